The van der Waals surface area contributed by atoms with Crippen LogP contribution < -0.4 is 61.3 Å². The van der Waals surface area contributed by atoms with Crippen molar-refractivity contribution >= 4 is 0 Å². The molecule has 36 heteroatoms. The molecule has 0 aliphatic carbocycles. The van der Waals surface area contributed by atoms with Crippen LogP contribution in [0, 0.1) is 0 Å². The summed E-state index contributed by atoms with van der Waals surface area (Å²) in [5, 5.41) is 171. The minimum absolute atomic E-state index is 0. The Morgan fingerprint density at radius 3 is 0.278 bits per heavy atom. The van der Waals surface area contributed by atoms with Gasteiger partial charge in [0.05, 0.1) is 39.6 Å². The number of rotatable bonds is 36. The Balaban J connectivity index is -0.0000000294. The van der Waals surface area contributed by atoms with Crippen molar-refractivity contribution in [3.63, 3.8) is 0 Å². The number of hydrogen-bond donors (Lipinski definition) is 6. The van der Waals surface area contributed by atoms with Crippen molar-refractivity contribution in [2.75, 3.05) is 237 Å². The van der Waals surface area contributed by atoms with Gasteiger partial charge in [-0.15, -0.1) is 79.3 Å². The fourth-order valence-corrected chi connectivity index (χ4v) is 4.41. The van der Waals surface area contributed by atoms with Gasteiger partial charge in [0.25, 0.3) is 0 Å². The summed E-state index contributed by atoms with van der Waals surface area (Å²) < 4.78 is 0. The first-order valence-electron chi connectivity index (χ1n) is 20.1. The summed E-state index contributed by atoms with van der Waals surface area (Å²) in [6.45, 7) is 4.56. The molecule has 0 unspecified atom stereocenters. The third-order valence-corrected chi connectivity index (χ3v) is 7.39. The molecule has 0 atom stereocenters. The van der Waals surface area contributed by atoms with Gasteiger partial charge in [-0.05, 0) is 78.5 Å². The van der Waals surface area contributed by atoms with Crippen molar-refractivity contribution in [2.24, 2.45) is 0 Å². The number of aliphatic hydroxyl groups excluding tert-OH is 6. The smallest absolute Gasteiger partial charge is 2.00 e. The molecule has 30 nitrogen and oxygen atoms in total. The fourth-order valence-electron chi connectivity index (χ4n) is 4.41. The summed E-state index contributed by atoms with van der Waals surface area (Å²) in [7, 11) is 0. The van der Waals surface area contributed by atoms with Crippen LogP contribution in [0.4, 0.5) is 0 Å². The molecule has 0 heterocycles. The molecule has 0 aromatic rings. The molecule has 0 aromatic heterocycles. The van der Waals surface area contributed by atoms with Gasteiger partial charge >= 0.3 is 111 Å². The van der Waals surface area contributed by atoms with Crippen molar-refractivity contribution in [2.45, 2.75) is 0 Å². The van der Waals surface area contributed by atoms with Gasteiger partial charge < -0.3 is 154 Å². The average molecular weight is 1280 g/mol. The largest absolute Gasteiger partial charge is 4.00 e. The zero-order chi connectivity index (χ0) is 46.9. The molecule has 72 heavy (non-hydrogen) atoms. The minimum Gasteiger partial charge on any atom is -2.00 e. The zero-order valence-electron chi connectivity index (χ0n) is 40.9. The SMILES string of the molecule is [O-2].[O-2].[O-2].[O-2].[O-2].[O-2].[O-]CCN(CC[O-])CCO.[O-]CCN(CC[O-])CCO.[O-]CCN(CC[O-])CCO.[O-]CCN(CC[O-])CCO.[O-]CCN(CC[O-])CCO.[O-]CCN(CC[O-])CCO.[V+4].[V+4].[V+4].[V+4].[V+4].[V+4]. The molecule has 0 amide bonds. The standard InChI is InChI=1S/6C6H13NO3.6O.6V/c6*8-4-1-7(2-5-9)3-6-10;;;;;;;;;;;;/h6*8H,1-6H2;;;;;;;;;;;;/q12*-2;6*+4. The molecule has 0 saturated heterocycles. The van der Waals surface area contributed by atoms with Gasteiger partial charge in [-0.25, -0.2) is 0 Å². The van der Waals surface area contributed by atoms with Crippen LogP contribution in [-0.4, -0.2) is 297 Å². The van der Waals surface area contributed by atoms with Crippen molar-refractivity contribution in [1.82, 2.24) is 29.4 Å². The molecule has 0 bridgehead atoms. The summed E-state index contributed by atoms with van der Waals surface area (Å²) in [4.78, 5) is 10.0. The molecule has 0 aliphatic rings. The first-order valence-corrected chi connectivity index (χ1v) is 20.1. The fraction of sp³-hybridized carbons (Fsp3) is 1.00. The summed E-state index contributed by atoms with van der Waals surface area (Å²) in [5.41, 5.74) is 0. The second kappa shape index (κ2) is 121. The minimum atomic E-state index is -0.208. The van der Waals surface area contributed by atoms with E-state index in [0.29, 0.717) is 118 Å². The number of hydrogen-bond acceptors (Lipinski definition) is 24. The van der Waals surface area contributed by atoms with Gasteiger partial charge in [0, 0.05) is 39.3 Å². The monoisotopic (exact) mass is 1280 g/mol. The molecule has 6 radical (unpaired) electrons. The van der Waals surface area contributed by atoms with E-state index >= 15 is 0 Å². The Labute approximate surface area is 498 Å². The van der Waals surface area contributed by atoms with Gasteiger partial charge in [0.15, 0.2) is 0 Å². The van der Waals surface area contributed by atoms with Gasteiger partial charge in [0.1, 0.15) is 0 Å². The van der Waals surface area contributed by atoms with Crippen molar-refractivity contribution < 1.29 is 236 Å². The molecule has 0 aromatic carbocycles. The van der Waals surface area contributed by atoms with Gasteiger partial charge in [-0.1, -0.05) is 0 Å². The topological polar surface area (TPSA) is 589 Å². The molecule has 0 aliphatic heterocycles. The molecule has 426 valence electrons. The summed E-state index contributed by atoms with van der Waals surface area (Å²) in [5.74, 6) is 0. The van der Waals surface area contributed by atoms with Gasteiger partial charge in [0.2, 0.25) is 0 Å². The quantitative estimate of drug-likeness (QED) is 0.0339. The third kappa shape index (κ3) is 116. The predicted molar refractivity (Wildman–Crippen MR) is 204 cm³/mol. The van der Waals surface area contributed by atoms with E-state index < -0.39 is 0 Å². The third-order valence-electron chi connectivity index (χ3n) is 7.39. The van der Waals surface area contributed by atoms with Crippen LogP contribution in [0.3, 0.4) is 0 Å². The first-order chi connectivity index (χ1) is 29.1. The first kappa shape index (κ1) is 126. The van der Waals surface area contributed by atoms with Crippen molar-refractivity contribution in [3.05, 3.63) is 0 Å². The molecule has 0 fully saturated rings. The second-order valence-corrected chi connectivity index (χ2v) is 11.8. The van der Waals surface area contributed by atoms with E-state index in [2.05, 4.69) is 0 Å². The van der Waals surface area contributed by atoms with Gasteiger partial charge in [-0.2, -0.15) is 0 Å². The zero-order valence-corrected chi connectivity index (χ0v) is 49.2. The Hall–Kier alpha value is 2.31. The summed E-state index contributed by atoms with van der Waals surface area (Å²) in [6.07, 6.45) is 0. The maximum atomic E-state index is 10.1. The predicted octanol–water partition coefficient (Wildman–Crippen LogP) is -18.7. The van der Waals surface area contributed by atoms with E-state index in [4.69, 9.17) is 30.6 Å². The Morgan fingerprint density at radius 1 is 0.167 bits per heavy atom. The van der Waals surface area contributed by atoms with E-state index in [1.54, 1.807) is 29.4 Å². The van der Waals surface area contributed by atoms with Crippen LogP contribution in [0.1, 0.15) is 0 Å². The maximum Gasteiger partial charge on any atom is 4.00 e. The molecule has 0 spiro atoms. The molecular weight excluding hydrogens is 1210 g/mol. The van der Waals surface area contributed by atoms with Crippen LogP contribution in [0.15, 0.2) is 0 Å². The number of aliphatic hydroxyl groups is 6. The summed E-state index contributed by atoms with van der Waals surface area (Å²) in [6, 6.07) is 0. The normalized spacial score (nSPS) is 9.00. The number of nitrogens with zero attached hydrogens (tertiary/aromatic N) is 6. The molecule has 0 saturated carbocycles. The Morgan fingerprint density at radius 2 is 0.236 bits per heavy atom. The Kier molecular flexibility index (Phi) is 211. The van der Waals surface area contributed by atoms with Crippen LogP contribution in [-0.2, 0) is 144 Å². The van der Waals surface area contributed by atoms with E-state index in [9.17, 15) is 61.3 Å². The molecule has 6 N–H and O–H groups in total. The second-order valence-electron chi connectivity index (χ2n) is 11.8. The Bertz CT molecular complexity index is 513. The van der Waals surface area contributed by atoms with Crippen LogP contribution in [0.25, 0.3) is 0 Å². The maximum absolute atomic E-state index is 10.1. The molecule has 0 rings (SSSR count). The summed E-state index contributed by atoms with van der Waals surface area (Å²) >= 11 is 0. The van der Waals surface area contributed by atoms with Crippen molar-refractivity contribution in [3.8, 4) is 0 Å². The van der Waals surface area contributed by atoms with Gasteiger partial charge in [-0.3, -0.25) is 0 Å². The van der Waals surface area contributed by atoms with E-state index in [1.165, 1.54) is 0 Å². The average Bonchev–Trinajstić information content (AvgIpc) is 3.21. The van der Waals surface area contributed by atoms with E-state index in [0.717, 1.165) is 0 Å². The molecular formula is C36H78N6O24V6. The van der Waals surface area contributed by atoms with E-state index in [1.807, 2.05) is 0 Å². The van der Waals surface area contributed by atoms with Crippen LogP contribution >= 0.6 is 0 Å². The van der Waals surface area contributed by atoms with Crippen LogP contribution in [0.5, 0.6) is 0 Å². The van der Waals surface area contributed by atoms with Crippen LogP contribution in [0.2, 0.25) is 0 Å². The van der Waals surface area contributed by atoms with E-state index in [-0.39, 0.29) is 263 Å². The van der Waals surface area contributed by atoms with Crippen molar-refractivity contribution in [1.29, 1.82) is 0 Å².